The second kappa shape index (κ2) is 7.79. The lowest BCUT2D eigenvalue weighted by molar-refractivity contribution is 0.0618. The van der Waals surface area contributed by atoms with Crippen LogP contribution in [0.5, 0.6) is 0 Å². The van der Waals surface area contributed by atoms with Gasteiger partial charge in [-0.05, 0) is 17.7 Å². The molecule has 0 spiro atoms. The number of amides is 1. The average Bonchev–Trinajstić information content (AvgIpc) is 3.06. The van der Waals surface area contributed by atoms with Crippen molar-refractivity contribution >= 4 is 17.5 Å². The number of aromatic nitrogens is 2. The van der Waals surface area contributed by atoms with Gasteiger partial charge in [-0.3, -0.25) is 9.69 Å². The van der Waals surface area contributed by atoms with Gasteiger partial charge in [0.25, 0.3) is 5.91 Å². The predicted octanol–water partition coefficient (Wildman–Crippen LogP) is 2.10. The minimum atomic E-state index is -0.0257. The number of carbonyl (C=O) groups excluding carboxylic acids is 1. The molecule has 1 fully saturated rings. The van der Waals surface area contributed by atoms with E-state index in [-0.39, 0.29) is 5.91 Å². The number of hydrogen-bond donors (Lipinski definition) is 0. The Morgan fingerprint density at radius 1 is 1.21 bits per heavy atom. The van der Waals surface area contributed by atoms with Gasteiger partial charge < -0.3 is 9.64 Å². The lowest BCUT2D eigenvalue weighted by Crippen LogP contribution is -2.48. The smallest absolute Gasteiger partial charge is 0.274 e. The molecule has 0 atom stereocenters. The Balaban J connectivity index is 1.54. The summed E-state index contributed by atoms with van der Waals surface area (Å²) in [6.45, 7) is 4.20. The van der Waals surface area contributed by atoms with Gasteiger partial charge in [-0.1, -0.05) is 29.8 Å². The molecule has 0 radical (unpaired) electrons. The van der Waals surface area contributed by atoms with Gasteiger partial charge in [0, 0.05) is 51.1 Å². The fraction of sp³-hybridized carbons (Fsp3) is 0.412. The molecule has 1 aliphatic heterocycles. The molecule has 6 nitrogen and oxygen atoms in total. The first kappa shape index (κ1) is 17.0. The molecule has 0 unspecified atom stereocenters. The molecule has 7 heteroatoms. The minimum Gasteiger partial charge on any atom is -0.362 e. The first-order chi connectivity index (χ1) is 11.7. The van der Waals surface area contributed by atoms with E-state index in [0.717, 1.165) is 30.2 Å². The van der Waals surface area contributed by atoms with E-state index in [1.54, 1.807) is 24.1 Å². The van der Waals surface area contributed by atoms with Crippen molar-refractivity contribution in [3.05, 3.63) is 52.8 Å². The van der Waals surface area contributed by atoms with Crippen molar-refractivity contribution in [2.24, 2.45) is 0 Å². The maximum atomic E-state index is 12.5. The minimum absolute atomic E-state index is 0.0257. The molecule has 2 aromatic rings. The molecular formula is C17H21ClN4O2. The van der Waals surface area contributed by atoms with Crippen molar-refractivity contribution in [1.82, 2.24) is 19.6 Å². The zero-order chi connectivity index (χ0) is 16.9. The monoisotopic (exact) mass is 348 g/mol. The van der Waals surface area contributed by atoms with E-state index in [9.17, 15) is 4.79 Å². The van der Waals surface area contributed by atoms with Crippen molar-refractivity contribution < 1.29 is 9.53 Å². The van der Waals surface area contributed by atoms with E-state index in [1.165, 1.54) is 0 Å². The molecule has 1 amide bonds. The molecule has 0 aliphatic carbocycles. The summed E-state index contributed by atoms with van der Waals surface area (Å²) >= 11 is 6.22. The summed E-state index contributed by atoms with van der Waals surface area (Å²) in [5.41, 5.74) is 1.59. The Morgan fingerprint density at radius 2 is 1.96 bits per heavy atom. The van der Waals surface area contributed by atoms with Crippen molar-refractivity contribution in [1.29, 1.82) is 0 Å². The van der Waals surface area contributed by atoms with Crippen molar-refractivity contribution in [2.45, 2.75) is 13.3 Å². The Kier molecular flexibility index (Phi) is 5.50. The molecule has 24 heavy (non-hydrogen) atoms. The highest BCUT2D eigenvalue weighted by Crippen LogP contribution is 2.18. The SMILES string of the molecule is COCn1ccc(C(=O)N2CCN(Cc3ccccc3Cl)CC2)n1. The lowest BCUT2D eigenvalue weighted by atomic mass is 10.2. The van der Waals surface area contributed by atoms with Crippen LogP contribution in [-0.4, -0.2) is 58.8 Å². The van der Waals surface area contributed by atoms with Gasteiger partial charge in [0.2, 0.25) is 0 Å². The normalized spacial score (nSPS) is 15.7. The van der Waals surface area contributed by atoms with Crippen molar-refractivity contribution in [2.75, 3.05) is 33.3 Å². The van der Waals surface area contributed by atoms with Crippen LogP contribution in [0, 0.1) is 0 Å². The summed E-state index contributed by atoms with van der Waals surface area (Å²) < 4.78 is 6.62. The largest absolute Gasteiger partial charge is 0.362 e. The van der Waals surface area contributed by atoms with Gasteiger partial charge in [-0.15, -0.1) is 0 Å². The highest BCUT2D eigenvalue weighted by atomic mass is 35.5. The highest BCUT2D eigenvalue weighted by Gasteiger charge is 2.23. The van der Waals surface area contributed by atoms with Gasteiger partial charge in [0.1, 0.15) is 12.4 Å². The van der Waals surface area contributed by atoms with Crippen LogP contribution < -0.4 is 0 Å². The summed E-state index contributed by atoms with van der Waals surface area (Å²) in [6, 6.07) is 9.62. The first-order valence-corrected chi connectivity index (χ1v) is 8.32. The molecule has 1 aromatic carbocycles. The Bertz CT molecular complexity index is 695. The van der Waals surface area contributed by atoms with Crippen LogP contribution in [0.2, 0.25) is 5.02 Å². The van der Waals surface area contributed by atoms with E-state index in [4.69, 9.17) is 16.3 Å². The third-order valence-corrected chi connectivity index (χ3v) is 4.50. The number of piperazine rings is 1. The summed E-state index contributed by atoms with van der Waals surface area (Å²) in [6.07, 6.45) is 1.75. The zero-order valence-electron chi connectivity index (χ0n) is 13.7. The third-order valence-electron chi connectivity index (χ3n) is 4.13. The summed E-state index contributed by atoms with van der Waals surface area (Å²) in [7, 11) is 1.60. The number of halogens is 1. The molecule has 3 rings (SSSR count). The Labute approximate surface area is 146 Å². The van der Waals surface area contributed by atoms with Crippen LogP contribution in [0.15, 0.2) is 36.5 Å². The molecule has 0 N–H and O–H groups in total. The van der Waals surface area contributed by atoms with E-state index >= 15 is 0 Å². The lowest BCUT2D eigenvalue weighted by Gasteiger charge is -2.34. The van der Waals surface area contributed by atoms with Crippen molar-refractivity contribution in [3.8, 4) is 0 Å². The maximum Gasteiger partial charge on any atom is 0.274 e. The molecule has 1 saturated heterocycles. The van der Waals surface area contributed by atoms with Gasteiger partial charge in [-0.2, -0.15) is 5.10 Å². The number of ether oxygens (including phenoxy) is 1. The molecule has 1 aliphatic rings. The summed E-state index contributed by atoms with van der Waals surface area (Å²) in [5.74, 6) is -0.0257. The van der Waals surface area contributed by atoms with Crippen LogP contribution in [0.25, 0.3) is 0 Å². The molecule has 2 heterocycles. The predicted molar refractivity (Wildman–Crippen MR) is 91.9 cm³/mol. The van der Waals surface area contributed by atoms with Crippen LogP contribution in [0.3, 0.4) is 0 Å². The molecular weight excluding hydrogens is 328 g/mol. The number of carbonyl (C=O) groups is 1. The van der Waals surface area contributed by atoms with E-state index in [0.29, 0.717) is 25.5 Å². The van der Waals surface area contributed by atoms with E-state index in [1.807, 2.05) is 29.2 Å². The van der Waals surface area contributed by atoms with Gasteiger partial charge in [0.15, 0.2) is 0 Å². The van der Waals surface area contributed by atoms with Crippen LogP contribution in [0.1, 0.15) is 16.1 Å². The van der Waals surface area contributed by atoms with E-state index < -0.39 is 0 Å². The van der Waals surface area contributed by atoms with Crippen LogP contribution >= 0.6 is 11.6 Å². The van der Waals surface area contributed by atoms with E-state index in [2.05, 4.69) is 10.00 Å². The number of nitrogens with zero attached hydrogens (tertiary/aromatic N) is 4. The fourth-order valence-electron chi connectivity index (χ4n) is 2.82. The Hall–Kier alpha value is -1.89. The maximum absolute atomic E-state index is 12.5. The van der Waals surface area contributed by atoms with Crippen LogP contribution in [-0.2, 0) is 18.0 Å². The van der Waals surface area contributed by atoms with Gasteiger partial charge in [-0.25, -0.2) is 4.68 Å². The fourth-order valence-corrected chi connectivity index (χ4v) is 3.01. The first-order valence-electron chi connectivity index (χ1n) is 7.95. The number of benzene rings is 1. The molecule has 128 valence electrons. The highest BCUT2D eigenvalue weighted by molar-refractivity contribution is 6.31. The number of rotatable bonds is 5. The zero-order valence-corrected chi connectivity index (χ0v) is 14.4. The summed E-state index contributed by atoms with van der Waals surface area (Å²) in [4.78, 5) is 16.7. The third kappa shape index (κ3) is 3.95. The number of methoxy groups -OCH3 is 1. The standard InChI is InChI=1S/C17H21ClN4O2/c1-24-13-22-7-6-16(19-22)17(23)21-10-8-20(9-11-21)12-14-4-2-3-5-15(14)18/h2-7H,8-13H2,1H3. The quantitative estimate of drug-likeness (QED) is 0.830. The van der Waals surface area contributed by atoms with Crippen LogP contribution in [0.4, 0.5) is 0 Å². The molecule has 1 aromatic heterocycles. The van der Waals surface area contributed by atoms with Gasteiger partial charge >= 0.3 is 0 Å². The van der Waals surface area contributed by atoms with Gasteiger partial charge in [0.05, 0.1) is 0 Å². The number of hydrogen-bond acceptors (Lipinski definition) is 4. The topological polar surface area (TPSA) is 50.6 Å². The molecule has 0 bridgehead atoms. The second-order valence-electron chi connectivity index (χ2n) is 5.82. The van der Waals surface area contributed by atoms with Crippen molar-refractivity contribution in [3.63, 3.8) is 0 Å². The Morgan fingerprint density at radius 3 is 2.67 bits per heavy atom. The summed E-state index contributed by atoms with van der Waals surface area (Å²) in [5, 5.41) is 5.03. The molecule has 0 saturated carbocycles. The average molecular weight is 349 g/mol. The second-order valence-corrected chi connectivity index (χ2v) is 6.23.